The molecule has 0 atom stereocenters. The molecule has 4 nitrogen and oxygen atoms in total. The number of pyridine rings is 1. The highest BCUT2D eigenvalue weighted by atomic mass is 16.5. The summed E-state index contributed by atoms with van der Waals surface area (Å²) >= 11 is 0. The number of hydrogen-bond acceptors (Lipinski definition) is 4. The molecule has 0 amide bonds. The van der Waals surface area contributed by atoms with Crippen LogP contribution in [0.25, 0.3) is 0 Å². The number of rotatable bonds is 4. The molecule has 0 aliphatic rings. The molecule has 0 fully saturated rings. The Hall–Kier alpha value is -2.80. The first-order chi connectivity index (χ1) is 9.19. The SMILES string of the molecule is C=C(O)Cc1ccc(Oc2ncccc2C#N)cc1. The van der Waals surface area contributed by atoms with Gasteiger partial charge in [-0.05, 0) is 29.8 Å². The van der Waals surface area contributed by atoms with Crippen LogP contribution in [0.3, 0.4) is 0 Å². The van der Waals surface area contributed by atoms with E-state index in [1.807, 2.05) is 18.2 Å². The lowest BCUT2D eigenvalue weighted by molar-refractivity contribution is 0.401. The van der Waals surface area contributed by atoms with Gasteiger partial charge in [0.1, 0.15) is 17.4 Å². The molecule has 0 bridgehead atoms. The summed E-state index contributed by atoms with van der Waals surface area (Å²) in [6, 6.07) is 12.5. The molecule has 0 aliphatic carbocycles. The summed E-state index contributed by atoms with van der Waals surface area (Å²) in [7, 11) is 0. The molecule has 1 aromatic heterocycles. The molecule has 19 heavy (non-hydrogen) atoms. The van der Waals surface area contributed by atoms with E-state index in [2.05, 4.69) is 11.6 Å². The zero-order valence-electron chi connectivity index (χ0n) is 10.2. The van der Waals surface area contributed by atoms with Crippen LogP contribution in [0.1, 0.15) is 11.1 Å². The molecular weight excluding hydrogens is 240 g/mol. The van der Waals surface area contributed by atoms with Gasteiger partial charge in [-0.15, -0.1) is 0 Å². The minimum absolute atomic E-state index is 0.116. The summed E-state index contributed by atoms with van der Waals surface area (Å²) in [5.74, 6) is 0.983. The van der Waals surface area contributed by atoms with Crippen molar-refractivity contribution in [2.24, 2.45) is 0 Å². The molecular formula is C15H12N2O2. The number of benzene rings is 1. The van der Waals surface area contributed by atoms with Crippen molar-refractivity contribution >= 4 is 0 Å². The first-order valence-corrected chi connectivity index (χ1v) is 5.67. The third kappa shape index (κ3) is 3.33. The van der Waals surface area contributed by atoms with E-state index < -0.39 is 0 Å². The summed E-state index contributed by atoms with van der Waals surface area (Å²) in [4.78, 5) is 4.02. The Morgan fingerprint density at radius 3 is 2.68 bits per heavy atom. The number of aliphatic hydroxyl groups is 1. The zero-order valence-corrected chi connectivity index (χ0v) is 10.2. The number of hydrogen-bond donors (Lipinski definition) is 1. The van der Waals surface area contributed by atoms with Crippen molar-refractivity contribution in [3.8, 4) is 17.7 Å². The molecule has 0 spiro atoms. The fraction of sp³-hybridized carbons (Fsp3) is 0.0667. The topological polar surface area (TPSA) is 66.1 Å². The monoisotopic (exact) mass is 252 g/mol. The lowest BCUT2D eigenvalue weighted by Gasteiger charge is -2.06. The largest absolute Gasteiger partial charge is 0.513 e. The van der Waals surface area contributed by atoms with Crippen LogP contribution in [0.4, 0.5) is 0 Å². The van der Waals surface area contributed by atoms with Crippen LogP contribution in [0.5, 0.6) is 11.6 Å². The van der Waals surface area contributed by atoms with Crippen LogP contribution in [-0.4, -0.2) is 10.1 Å². The Kier molecular flexibility index (Phi) is 3.79. The lowest BCUT2D eigenvalue weighted by Crippen LogP contribution is -1.92. The molecule has 0 saturated carbocycles. The van der Waals surface area contributed by atoms with Gasteiger partial charge in [0.25, 0.3) is 0 Å². The van der Waals surface area contributed by atoms with E-state index in [1.165, 1.54) is 0 Å². The van der Waals surface area contributed by atoms with Gasteiger partial charge in [0.15, 0.2) is 0 Å². The fourth-order valence-corrected chi connectivity index (χ4v) is 1.58. The molecule has 94 valence electrons. The number of allylic oxidation sites excluding steroid dienone is 1. The second-order valence-corrected chi connectivity index (χ2v) is 3.96. The van der Waals surface area contributed by atoms with E-state index in [0.29, 0.717) is 17.7 Å². The summed E-state index contributed by atoms with van der Waals surface area (Å²) < 4.78 is 5.54. The highest BCUT2D eigenvalue weighted by molar-refractivity contribution is 5.40. The normalized spacial score (nSPS) is 9.63. The lowest BCUT2D eigenvalue weighted by atomic mass is 10.1. The van der Waals surface area contributed by atoms with E-state index in [1.54, 1.807) is 30.5 Å². The minimum Gasteiger partial charge on any atom is -0.513 e. The van der Waals surface area contributed by atoms with Gasteiger partial charge in [-0.1, -0.05) is 18.7 Å². The van der Waals surface area contributed by atoms with Gasteiger partial charge in [0, 0.05) is 12.6 Å². The van der Waals surface area contributed by atoms with Gasteiger partial charge in [-0.25, -0.2) is 4.98 Å². The van der Waals surface area contributed by atoms with E-state index >= 15 is 0 Å². The Morgan fingerprint density at radius 2 is 2.05 bits per heavy atom. The standard InChI is InChI=1S/C15H12N2O2/c1-11(18)9-12-4-6-14(7-5-12)19-15-13(10-16)3-2-8-17-15/h2-8,18H,1,9H2. The number of nitrogens with zero attached hydrogens (tertiary/aromatic N) is 2. The predicted molar refractivity (Wildman–Crippen MR) is 70.9 cm³/mol. The Morgan fingerprint density at radius 1 is 1.32 bits per heavy atom. The van der Waals surface area contributed by atoms with Gasteiger partial charge in [0.2, 0.25) is 5.88 Å². The van der Waals surface area contributed by atoms with Crippen LogP contribution >= 0.6 is 0 Å². The summed E-state index contributed by atoms with van der Waals surface area (Å²) in [5.41, 5.74) is 1.32. The molecule has 1 aromatic carbocycles. The van der Waals surface area contributed by atoms with Crippen molar-refractivity contribution < 1.29 is 9.84 Å². The Bertz CT molecular complexity index is 627. The summed E-state index contributed by atoms with van der Waals surface area (Å²) in [6.45, 7) is 3.44. The molecule has 1 heterocycles. The van der Waals surface area contributed by atoms with Crippen molar-refractivity contribution in [2.75, 3.05) is 0 Å². The van der Waals surface area contributed by atoms with Gasteiger partial charge >= 0.3 is 0 Å². The molecule has 0 unspecified atom stereocenters. The first-order valence-electron chi connectivity index (χ1n) is 5.67. The number of nitriles is 1. The van der Waals surface area contributed by atoms with Gasteiger partial charge in [-0.3, -0.25) is 0 Å². The van der Waals surface area contributed by atoms with Crippen molar-refractivity contribution in [2.45, 2.75) is 6.42 Å². The molecule has 0 aliphatic heterocycles. The van der Waals surface area contributed by atoms with Crippen molar-refractivity contribution in [3.05, 3.63) is 66.1 Å². The molecule has 0 saturated heterocycles. The van der Waals surface area contributed by atoms with Crippen molar-refractivity contribution in [3.63, 3.8) is 0 Å². The summed E-state index contributed by atoms with van der Waals surface area (Å²) in [6.07, 6.45) is 1.98. The fourth-order valence-electron chi connectivity index (χ4n) is 1.58. The highest BCUT2D eigenvalue weighted by Gasteiger charge is 2.05. The second-order valence-electron chi connectivity index (χ2n) is 3.96. The average molecular weight is 252 g/mol. The van der Waals surface area contributed by atoms with E-state index in [9.17, 15) is 0 Å². The number of aromatic nitrogens is 1. The average Bonchev–Trinajstić information content (AvgIpc) is 2.41. The maximum atomic E-state index is 9.11. The number of ether oxygens (including phenoxy) is 1. The second kappa shape index (κ2) is 5.69. The molecule has 4 heteroatoms. The van der Waals surface area contributed by atoms with Crippen LogP contribution < -0.4 is 4.74 Å². The highest BCUT2D eigenvalue weighted by Crippen LogP contribution is 2.22. The maximum Gasteiger partial charge on any atom is 0.237 e. The Labute approximate surface area is 111 Å². The quantitative estimate of drug-likeness (QED) is 0.847. The van der Waals surface area contributed by atoms with Crippen LogP contribution in [-0.2, 0) is 6.42 Å². The van der Waals surface area contributed by atoms with Gasteiger partial charge in [0.05, 0.1) is 5.76 Å². The van der Waals surface area contributed by atoms with Crippen molar-refractivity contribution in [1.29, 1.82) is 5.26 Å². The van der Waals surface area contributed by atoms with E-state index in [-0.39, 0.29) is 11.6 Å². The van der Waals surface area contributed by atoms with Crippen LogP contribution in [0, 0.1) is 11.3 Å². The zero-order chi connectivity index (χ0) is 13.7. The van der Waals surface area contributed by atoms with Gasteiger partial charge in [-0.2, -0.15) is 5.26 Å². The van der Waals surface area contributed by atoms with Crippen LogP contribution in [0.15, 0.2) is 54.9 Å². The van der Waals surface area contributed by atoms with Gasteiger partial charge < -0.3 is 9.84 Å². The first kappa shape index (κ1) is 12.7. The predicted octanol–water partition coefficient (Wildman–Crippen LogP) is 3.36. The molecule has 1 N–H and O–H groups in total. The van der Waals surface area contributed by atoms with Crippen LogP contribution in [0.2, 0.25) is 0 Å². The van der Waals surface area contributed by atoms with E-state index in [4.69, 9.17) is 15.1 Å². The third-order valence-corrected chi connectivity index (χ3v) is 2.44. The number of aliphatic hydroxyl groups excluding tert-OH is 1. The van der Waals surface area contributed by atoms with Crippen molar-refractivity contribution in [1.82, 2.24) is 4.98 Å². The maximum absolute atomic E-state index is 9.11. The third-order valence-electron chi connectivity index (χ3n) is 2.44. The molecule has 2 aromatic rings. The Balaban J connectivity index is 2.16. The van der Waals surface area contributed by atoms with E-state index in [0.717, 1.165) is 5.56 Å². The summed E-state index contributed by atoms with van der Waals surface area (Å²) in [5, 5.41) is 18.0. The minimum atomic E-state index is 0.116. The molecule has 0 radical (unpaired) electrons. The smallest absolute Gasteiger partial charge is 0.237 e. The molecule has 2 rings (SSSR count).